The third kappa shape index (κ3) is 3.23. The van der Waals surface area contributed by atoms with Crippen molar-refractivity contribution in [1.29, 1.82) is 0 Å². The summed E-state index contributed by atoms with van der Waals surface area (Å²) in [5.74, 6) is 0. The van der Waals surface area contributed by atoms with Gasteiger partial charge in [0.05, 0.1) is 18.3 Å². The van der Waals surface area contributed by atoms with Gasteiger partial charge in [-0.2, -0.15) is 0 Å². The molecule has 14 heavy (non-hydrogen) atoms. The maximum Gasteiger partial charge on any atom is 0.0801 e. The summed E-state index contributed by atoms with van der Waals surface area (Å²) in [7, 11) is 1.73. The van der Waals surface area contributed by atoms with Gasteiger partial charge in [0, 0.05) is 20.1 Å². The van der Waals surface area contributed by atoms with E-state index in [2.05, 4.69) is 6.92 Å². The van der Waals surface area contributed by atoms with Crippen LogP contribution in [-0.2, 0) is 9.47 Å². The molecule has 1 saturated carbocycles. The molecule has 1 aliphatic rings. The summed E-state index contributed by atoms with van der Waals surface area (Å²) in [5, 5.41) is 9.70. The zero-order valence-electron chi connectivity index (χ0n) is 9.29. The summed E-state index contributed by atoms with van der Waals surface area (Å²) >= 11 is 0. The maximum atomic E-state index is 9.70. The van der Waals surface area contributed by atoms with Crippen molar-refractivity contribution in [3.05, 3.63) is 0 Å². The number of methoxy groups -OCH3 is 1. The van der Waals surface area contributed by atoms with Crippen molar-refractivity contribution in [2.24, 2.45) is 0 Å². The molecular weight excluding hydrogens is 180 g/mol. The first-order chi connectivity index (χ1) is 6.72. The standard InChI is InChI=1S/C11H22O3/c1-3-7-14-9-10(12)8-11(13-2)5-4-6-11/h10,12H,3-9H2,1-2H3. The first-order valence-corrected chi connectivity index (χ1v) is 5.53. The SMILES string of the molecule is CCCOCC(O)CC1(OC)CCC1. The molecule has 0 amide bonds. The average Bonchev–Trinajstić information content (AvgIpc) is 2.12. The summed E-state index contributed by atoms with van der Waals surface area (Å²) in [6.07, 6.45) is 4.72. The van der Waals surface area contributed by atoms with E-state index in [9.17, 15) is 5.11 Å². The van der Waals surface area contributed by atoms with E-state index in [1.165, 1.54) is 6.42 Å². The number of hydrogen-bond acceptors (Lipinski definition) is 3. The van der Waals surface area contributed by atoms with Crippen LogP contribution in [0.3, 0.4) is 0 Å². The minimum atomic E-state index is -0.373. The second-order valence-corrected chi connectivity index (χ2v) is 4.17. The molecular formula is C11H22O3. The zero-order chi connectivity index (χ0) is 10.4. The molecule has 84 valence electrons. The molecule has 0 radical (unpaired) electrons. The van der Waals surface area contributed by atoms with E-state index < -0.39 is 0 Å². The summed E-state index contributed by atoms with van der Waals surface area (Å²) in [6.45, 7) is 3.24. The molecule has 1 N–H and O–H groups in total. The van der Waals surface area contributed by atoms with Crippen molar-refractivity contribution < 1.29 is 14.6 Å². The minimum absolute atomic E-state index is 0.0466. The molecule has 0 bridgehead atoms. The van der Waals surface area contributed by atoms with Crippen molar-refractivity contribution in [1.82, 2.24) is 0 Å². The Bertz CT molecular complexity index is 149. The molecule has 1 rings (SSSR count). The van der Waals surface area contributed by atoms with Crippen LogP contribution in [0.1, 0.15) is 39.0 Å². The molecule has 1 atom stereocenters. The van der Waals surface area contributed by atoms with Gasteiger partial charge in [0.15, 0.2) is 0 Å². The molecule has 3 nitrogen and oxygen atoms in total. The Balaban J connectivity index is 2.15. The summed E-state index contributed by atoms with van der Waals surface area (Å²) in [5.41, 5.74) is -0.0466. The van der Waals surface area contributed by atoms with Gasteiger partial charge in [-0.1, -0.05) is 6.92 Å². The van der Waals surface area contributed by atoms with Crippen LogP contribution >= 0.6 is 0 Å². The summed E-state index contributed by atoms with van der Waals surface area (Å²) in [4.78, 5) is 0. The second-order valence-electron chi connectivity index (χ2n) is 4.17. The zero-order valence-corrected chi connectivity index (χ0v) is 9.29. The molecule has 3 heteroatoms. The molecule has 0 aromatic heterocycles. The fourth-order valence-corrected chi connectivity index (χ4v) is 1.91. The van der Waals surface area contributed by atoms with Gasteiger partial charge in [-0.15, -0.1) is 0 Å². The van der Waals surface area contributed by atoms with Crippen LogP contribution in [0.25, 0.3) is 0 Å². The van der Waals surface area contributed by atoms with E-state index in [0.29, 0.717) is 13.0 Å². The Kier molecular flexibility index (Phi) is 4.85. The normalized spacial score (nSPS) is 21.6. The lowest BCUT2D eigenvalue weighted by atomic mass is 9.76. The van der Waals surface area contributed by atoms with E-state index >= 15 is 0 Å². The van der Waals surface area contributed by atoms with Gasteiger partial charge in [0.25, 0.3) is 0 Å². The average molecular weight is 202 g/mol. The molecule has 0 heterocycles. The van der Waals surface area contributed by atoms with Gasteiger partial charge in [-0.3, -0.25) is 0 Å². The van der Waals surface area contributed by atoms with Crippen molar-refractivity contribution >= 4 is 0 Å². The highest BCUT2D eigenvalue weighted by atomic mass is 16.5. The number of aliphatic hydroxyl groups is 1. The summed E-state index contributed by atoms with van der Waals surface area (Å²) in [6, 6.07) is 0. The van der Waals surface area contributed by atoms with E-state index in [4.69, 9.17) is 9.47 Å². The van der Waals surface area contributed by atoms with E-state index in [-0.39, 0.29) is 11.7 Å². The number of rotatable bonds is 7. The maximum absolute atomic E-state index is 9.70. The van der Waals surface area contributed by atoms with Gasteiger partial charge >= 0.3 is 0 Å². The Hall–Kier alpha value is -0.120. The number of hydrogen-bond donors (Lipinski definition) is 1. The van der Waals surface area contributed by atoms with Crippen LogP contribution in [0.2, 0.25) is 0 Å². The number of ether oxygens (including phenoxy) is 2. The largest absolute Gasteiger partial charge is 0.391 e. The lowest BCUT2D eigenvalue weighted by Crippen LogP contribution is -2.43. The fraction of sp³-hybridized carbons (Fsp3) is 1.00. The van der Waals surface area contributed by atoms with Crippen molar-refractivity contribution in [3.8, 4) is 0 Å². The highest BCUT2D eigenvalue weighted by Crippen LogP contribution is 2.38. The fourth-order valence-electron chi connectivity index (χ4n) is 1.91. The molecule has 1 fully saturated rings. The summed E-state index contributed by atoms with van der Waals surface area (Å²) < 4.78 is 10.7. The van der Waals surface area contributed by atoms with E-state index in [0.717, 1.165) is 25.9 Å². The van der Waals surface area contributed by atoms with Gasteiger partial charge in [-0.25, -0.2) is 0 Å². The molecule has 0 spiro atoms. The highest BCUT2D eigenvalue weighted by Gasteiger charge is 2.38. The third-order valence-electron chi connectivity index (χ3n) is 2.96. The van der Waals surface area contributed by atoms with Crippen LogP contribution < -0.4 is 0 Å². The van der Waals surface area contributed by atoms with Crippen LogP contribution in [0, 0.1) is 0 Å². The third-order valence-corrected chi connectivity index (χ3v) is 2.96. The van der Waals surface area contributed by atoms with Crippen LogP contribution in [0.5, 0.6) is 0 Å². The van der Waals surface area contributed by atoms with E-state index in [1.54, 1.807) is 7.11 Å². The smallest absolute Gasteiger partial charge is 0.0801 e. The first-order valence-electron chi connectivity index (χ1n) is 5.53. The highest BCUT2D eigenvalue weighted by molar-refractivity contribution is 4.91. The monoisotopic (exact) mass is 202 g/mol. The van der Waals surface area contributed by atoms with Crippen LogP contribution in [0.15, 0.2) is 0 Å². The molecule has 0 aromatic rings. The van der Waals surface area contributed by atoms with Crippen molar-refractivity contribution in [2.45, 2.75) is 50.7 Å². The molecule has 1 unspecified atom stereocenters. The Labute approximate surface area is 86.4 Å². The second kappa shape index (κ2) is 5.69. The van der Waals surface area contributed by atoms with Crippen LogP contribution in [0.4, 0.5) is 0 Å². The first kappa shape index (κ1) is 12.0. The lowest BCUT2D eigenvalue weighted by Gasteiger charge is -2.41. The predicted octanol–water partition coefficient (Wildman–Crippen LogP) is 1.73. The van der Waals surface area contributed by atoms with Crippen molar-refractivity contribution in [2.75, 3.05) is 20.3 Å². The molecule has 0 saturated heterocycles. The molecule has 1 aliphatic carbocycles. The Morgan fingerprint density at radius 3 is 2.57 bits per heavy atom. The topological polar surface area (TPSA) is 38.7 Å². The Morgan fingerprint density at radius 2 is 2.14 bits per heavy atom. The number of aliphatic hydroxyl groups excluding tert-OH is 1. The van der Waals surface area contributed by atoms with Gasteiger partial charge < -0.3 is 14.6 Å². The lowest BCUT2D eigenvalue weighted by molar-refractivity contribution is -0.109. The van der Waals surface area contributed by atoms with Gasteiger partial charge in [-0.05, 0) is 25.7 Å². The van der Waals surface area contributed by atoms with Gasteiger partial charge in [0.1, 0.15) is 0 Å². The Morgan fingerprint density at radius 1 is 1.43 bits per heavy atom. The molecule has 0 aromatic carbocycles. The minimum Gasteiger partial charge on any atom is -0.391 e. The van der Waals surface area contributed by atoms with E-state index in [1.807, 2.05) is 0 Å². The van der Waals surface area contributed by atoms with Crippen LogP contribution in [-0.4, -0.2) is 37.1 Å². The quantitative estimate of drug-likeness (QED) is 0.639. The van der Waals surface area contributed by atoms with Crippen molar-refractivity contribution in [3.63, 3.8) is 0 Å². The van der Waals surface area contributed by atoms with Gasteiger partial charge in [0.2, 0.25) is 0 Å². The predicted molar refractivity (Wildman–Crippen MR) is 55.3 cm³/mol. The molecule has 0 aliphatic heterocycles.